The van der Waals surface area contributed by atoms with Crippen molar-refractivity contribution < 1.29 is 19.1 Å². The van der Waals surface area contributed by atoms with Crippen LogP contribution in [0.3, 0.4) is 0 Å². The zero-order valence-electron chi connectivity index (χ0n) is 17.8. The summed E-state index contributed by atoms with van der Waals surface area (Å²) in [5.41, 5.74) is 2.01. The van der Waals surface area contributed by atoms with Crippen molar-refractivity contribution in [1.82, 2.24) is 5.32 Å². The normalized spacial score (nSPS) is 14.8. The number of carbonyl (C=O) groups excluding carboxylic acids is 3. The van der Waals surface area contributed by atoms with Gasteiger partial charge in [0.15, 0.2) is 0 Å². The maximum atomic E-state index is 12.9. The van der Waals surface area contributed by atoms with E-state index in [4.69, 9.17) is 4.74 Å². The van der Waals surface area contributed by atoms with Gasteiger partial charge in [-0.3, -0.25) is 14.4 Å². The van der Waals surface area contributed by atoms with Crippen molar-refractivity contribution >= 4 is 29.2 Å². The van der Waals surface area contributed by atoms with Crippen LogP contribution in [0.1, 0.15) is 69.7 Å². The summed E-state index contributed by atoms with van der Waals surface area (Å²) in [4.78, 5) is 38.7. The number of anilines is 2. The molecule has 1 atom stereocenters. The van der Waals surface area contributed by atoms with Gasteiger partial charge in [-0.15, -0.1) is 0 Å². The van der Waals surface area contributed by atoms with Crippen LogP contribution in [0.2, 0.25) is 0 Å². The van der Waals surface area contributed by atoms with Gasteiger partial charge in [-0.1, -0.05) is 6.92 Å². The Morgan fingerprint density at radius 2 is 1.83 bits per heavy atom. The zero-order valence-corrected chi connectivity index (χ0v) is 17.8. The van der Waals surface area contributed by atoms with Crippen LogP contribution in [-0.4, -0.2) is 43.5 Å². The molecule has 2 rings (SSSR count). The van der Waals surface area contributed by atoms with E-state index in [0.717, 1.165) is 38.0 Å². The van der Waals surface area contributed by atoms with Crippen LogP contribution < -0.4 is 15.5 Å². The summed E-state index contributed by atoms with van der Waals surface area (Å²) in [5, 5.41) is 5.81. The van der Waals surface area contributed by atoms with Crippen molar-refractivity contribution in [2.24, 2.45) is 0 Å². The number of carbonyl (C=O) groups is 3. The van der Waals surface area contributed by atoms with E-state index in [1.54, 1.807) is 13.0 Å². The van der Waals surface area contributed by atoms with Gasteiger partial charge < -0.3 is 20.3 Å². The number of nitrogens with one attached hydrogen (secondary N) is 2. The zero-order chi connectivity index (χ0) is 21.2. The third-order valence-electron chi connectivity index (χ3n) is 5.07. The Morgan fingerprint density at radius 1 is 1.10 bits per heavy atom. The number of piperidine rings is 1. The fraction of sp³-hybridized carbons (Fsp3) is 0.591. The molecule has 1 fully saturated rings. The van der Waals surface area contributed by atoms with Gasteiger partial charge in [0.2, 0.25) is 5.91 Å². The quantitative estimate of drug-likeness (QED) is 0.616. The number of hydrogen-bond donors (Lipinski definition) is 2. The van der Waals surface area contributed by atoms with Gasteiger partial charge in [0.1, 0.15) is 0 Å². The SMILES string of the molecule is CCOC(=O)CCC(=O)Nc1ccc(N2CCCCC2)c(C(=O)N[C@H](C)CC)c1. The maximum absolute atomic E-state index is 12.9. The highest BCUT2D eigenvalue weighted by Gasteiger charge is 2.20. The summed E-state index contributed by atoms with van der Waals surface area (Å²) < 4.78 is 4.85. The molecule has 0 bridgehead atoms. The smallest absolute Gasteiger partial charge is 0.306 e. The molecular formula is C22H33N3O4. The molecule has 1 aromatic carbocycles. The fourth-order valence-electron chi connectivity index (χ4n) is 3.28. The lowest BCUT2D eigenvalue weighted by molar-refractivity contribution is -0.144. The second-order valence-electron chi connectivity index (χ2n) is 7.42. The monoisotopic (exact) mass is 403 g/mol. The predicted molar refractivity (Wildman–Crippen MR) is 114 cm³/mol. The predicted octanol–water partition coefficient (Wildman–Crippen LogP) is 3.49. The standard InChI is InChI=1S/C22H33N3O4/c1-4-16(3)23-22(28)18-15-17(24-20(26)11-12-21(27)29-5-2)9-10-19(18)25-13-7-6-8-14-25/h9-10,15-16H,4-8,11-14H2,1-3H3,(H,23,28)(H,24,26)/t16-/m1/s1. The van der Waals surface area contributed by atoms with Crippen molar-refractivity contribution in [1.29, 1.82) is 0 Å². The molecule has 2 amide bonds. The van der Waals surface area contributed by atoms with Crippen LogP contribution in [0.15, 0.2) is 18.2 Å². The third kappa shape index (κ3) is 7.07. The number of ether oxygens (including phenoxy) is 1. The highest BCUT2D eigenvalue weighted by molar-refractivity contribution is 6.02. The van der Waals surface area contributed by atoms with Crippen LogP contribution in [0.4, 0.5) is 11.4 Å². The van der Waals surface area contributed by atoms with Crippen molar-refractivity contribution in [2.75, 3.05) is 29.9 Å². The molecule has 7 heteroatoms. The van der Waals surface area contributed by atoms with E-state index in [1.165, 1.54) is 6.42 Å². The summed E-state index contributed by atoms with van der Waals surface area (Å²) in [6.45, 7) is 7.88. The van der Waals surface area contributed by atoms with Gasteiger partial charge in [0.25, 0.3) is 5.91 Å². The number of hydrogen-bond acceptors (Lipinski definition) is 5. The number of esters is 1. The summed E-state index contributed by atoms with van der Waals surface area (Å²) >= 11 is 0. The average Bonchev–Trinajstić information content (AvgIpc) is 2.73. The summed E-state index contributed by atoms with van der Waals surface area (Å²) in [5.74, 6) is -0.809. The van der Waals surface area contributed by atoms with E-state index >= 15 is 0 Å². The maximum Gasteiger partial charge on any atom is 0.306 e. The third-order valence-corrected chi connectivity index (χ3v) is 5.07. The Bertz CT molecular complexity index is 714. The van der Waals surface area contributed by atoms with Gasteiger partial charge in [-0.2, -0.15) is 0 Å². The first kappa shape index (κ1) is 22.7. The van der Waals surface area contributed by atoms with Crippen molar-refractivity contribution in [3.63, 3.8) is 0 Å². The van der Waals surface area contributed by atoms with Crippen LogP contribution in [0.5, 0.6) is 0 Å². The molecule has 0 unspecified atom stereocenters. The van der Waals surface area contributed by atoms with E-state index in [9.17, 15) is 14.4 Å². The number of rotatable bonds is 9. The minimum atomic E-state index is -0.392. The first-order valence-electron chi connectivity index (χ1n) is 10.6. The van der Waals surface area contributed by atoms with Crippen LogP contribution >= 0.6 is 0 Å². The minimum absolute atomic E-state index is 0.0346. The van der Waals surface area contributed by atoms with E-state index in [2.05, 4.69) is 15.5 Å². The van der Waals surface area contributed by atoms with E-state index < -0.39 is 5.97 Å². The molecule has 7 nitrogen and oxygen atoms in total. The van der Waals surface area contributed by atoms with Gasteiger partial charge in [0, 0.05) is 36.9 Å². The lowest BCUT2D eigenvalue weighted by Gasteiger charge is -2.31. The molecule has 1 heterocycles. The van der Waals surface area contributed by atoms with Gasteiger partial charge in [-0.05, 0) is 57.7 Å². The van der Waals surface area contributed by atoms with E-state index in [-0.39, 0.29) is 30.7 Å². The van der Waals surface area contributed by atoms with Gasteiger partial charge in [0.05, 0.1) is 18.6 Å². The molecule has 160 valence electrons. The minimum Gasteiger partial charge on any atom is -0.466 e. The lowest BCUT2D eigenvalue weighted by Crippen LogP contribution is -2.35. The molecule has 1 saturated heterocycles. The highest BCUT2D eigenvalue weighted by Crippen LogP contribution is 2.27. The second kappa shape index (κ2) is 11.4. The van der Waals surface area contributed by atoms with Gasteiger partial charge in [-0.25, -0.2) is 0 Å². The van der Waals surface area contributed by atoms with Gasteiger partial charge >= 0.3 is 5.97 Å². The van der Waals surface area contributed by atoms with Crippen LogP contribution in [0, 0.1) is 0 Å². The fourth-order valence-corrected chi connectivity index (χ4v) is 3.28. The molecule has 0 saturated carbocycles. The van der Waals surface area contributed by atoms with Crippen LogP contribution in [0.25, 0.3) is 0 Å². The lowest BCUT2D eigenvalue weighted by atomic mass is 10.1. The average molecular weight is 404 g/mol. The Labute approximate surface area is 173 Å². The summed E-state index contributed by atoms with van der Waals surface area (Å²) in [6.07, 6.45) is 4.35. The van der Waals surface area contributed by atoms with Crippen molar-refractivity contribution in [2.45, 2.75) is 65.3 Å². The van der Waals surface area contributed by atoms with Crippen molar-refractivity contribution in [3.05, 3.63) is 23.8 Å². The Morgan fingerprint density at radius 3 is 2.48 bits per heavy atom. The highest BCUT2D eigenvalue weighted by atomic mass is 16.5. The number of nitrogens with zero attached hydrogens (tertiary/aromatic N) is 1. The Kier molecular flexibility index (Phi) is 8.96. The largest absolute Gasteiger partial charge is 0.466 e. The van der Waals surface area contributed by atoms with Crippen molar-refractivity contribution in [3.8, 4) is 0 Å². The number of benzene rings is 1. The molecule has 0 radical (unpaired) electrons. The summed E-state index contributed by atoms with van der Waals surface area (Å²) in [6, 6.07) is 5.51. The molecule has 0 aliphatic carbocycles. The number of amides is 2. The molecule has 29 heavy (non-hydrogen) atoms. The molecule has 1 aliphatic heterocycles. The Hall–Kier alpha value is -2.57. The van der Waals surface area contributed by atoms with E-state index in [1.807, 2.05) is 26.0 Å². The van der Waals surface area contributed by atoms with E-state index in [0.29, 0.717) is 17.9 Å². The summed E-state index contributed by atoms with van der Waals surface area (Å²) in [7, 11) is 0. The molecular weight excluding hydrogens is 370 g/mol. The first-order chi connectivity index (χ1) is 13.9. The second-order valence-corrected chi connectivity index (χ2v) is 7.42. The Balaban J connectivity index is 2.15. The molecule has 2 N–H and O–H groups in total. The molecule has 1 aliphatic rings. The molecule has 0 spiro atoms. The molecule has 1 aromatic rings. The van der Waals surface area contributed by atoms with Crippen LogP contribution in [-0.2, 0) is 14.3 Å². The molecule has 0 aromatic heterocycles. The topological polar surface area (TPSA) is 87.7 Å². The first-order valence-corrected chi connectivity index (χ1v) is 10.6.